The average Bonchev–Trinajstić information content (AvgIpc) is 3.80. The molecule has 262 valence electrons. The van der Waals surface area contributed by atoms with Gasteiger partial charge in [0, 0.05) is 68.8 Å². The topological polar surface area (TPSA) is 48.5 Å². The molecular formula is C51H33N5. The van der Waals surface area contributed by atoms with Crippen LogP contribution in [0.3, 0.4) is 0 Å². The van der Waals surface area contributed by atoms with Crippen LogP contribution in [0.5, 0.6) is 0 Å². The lowest BCUT2D eigenvalue weighted by Gasteiger charge is -2.16. The molecule has 0 spiro atoms. The van der Waals surface area contributed by atoms with Crippen molar-refractivity contribution in [3.05, 3.63) is 201 Å². The van der Waals surface area contributed by atoms with Crippen molar-refractivity contribution in [1.29, 1.82) is 0 Å². The molecule has 0 amide bonds. The molecule has 5 heteroatoms. The van der Waals surface area contributed by atoms with E-state index < -0.39 is 0 Å². The van der Waals surface area contributed by atoms with Crippen LogP contribution >= 0.6 is 0 Å². The summed E-state index contributed by atoms with van der Waals surface area (Å²) >= 11 is 0. The number of nitrogens with zero attached hydrogens (tertiary/aromatic N) is 5. The third-order valence-corrected chi connectivity index (χ3v) is 10.9. The number of para-hydroxylation sites is 4. The third-order valence-electron chi connectivity index (χ3n) is 10.9. The molecule has 5 heterocycles. The van der Waals surface area contributed by atoms with Crippen LogP contribution in [0.2, 0.25) is 0 Å². The smallest absolute Gasteiger partial charge is 0.0716 e. The molecule has 0 N–H and O–H groups in total. The van der Waals surface area contributed by atoms with E-state index in [1.54, 1.807) is 0 Å². The van der Waals surface area contributed by atoms with E-state index in [0.717, 1.165) is 56.1 Å². The van der Waals surface area contributed by atoms with Crippen molar-refractivity contribution >= 4 is 43.6 Å². The van der Waals surface area contributed by atoms with E-state index in [9.17, 15) is 0 Å². The Morgan fingerprint density at radius 2 is 0.625 bits per heavy atom. The number of hydrogen-bond donors (Lipinski definition) is 0. The lowest BCUT2D eigenvalue weighted by molar-refractivity contribution is 1.13. The van der Waals surface area contributed by atoms with Crippen molar-refractivity contribution in [3.63, 3.8) is 0 Å². The van der Waals surface area contributed by atoms with Crippen molar-refractivity contribution in [3.8, 4) is 56.1 Å². The maximum atomic E-state index is 5.06. The Labute approximate surface area is 323 Å². The number of pyridine rings is 3. The molecule has 5 aromatic heterocycles. The van der Waals surface area contributed by atoms with Crippen LogP contribution in [-0.4, -0.2) is 24.1 Å². The molecule has 0 fully saturated rings. The fourth-order valence-electron chi connectivity index (χ4n) is 8.31. The molecule has 11 aromatic rings. The minimum Gasteiger partial charge on any atom is -0.309 e. The summed E-state index contributed by atoms with van der Waals surface area (Å²) in [4.78, 5) is 13.5. The van der Waals surface area contributed by atoms with Crippen molar-refractivity contribution in [2.45, 2.75) is 0 Å². The van der Waals surface area contributed by atoms with Crippen molar-refractivity contribution in [2.24, 2.45) is 0 Å². The fourth-order valence-corrected chi connectivity index (χ4v) is 8.31. The molecule has 0 bridgehead atoms. The second-order valence-corrected chi connectivity index (χ2v) is 14.2. The molecule has 0 aliphatic carbocycles. The number of rotatable bonds is 6. The van der Waals surface area contributed by atoms with Gasteiger partial charge in [0.15, 0.2) is 0 Å². The summed E-state index contributed by atoms with van der Waals surface area (Å²) in [5.41, 5.74) is 15.3. The fraction of sp³-hybridized carbons (Fsp3) is 0. The van der Waals surface area contributed by atoms with E-state index >= 15 is 0 Å². The molecule has 0 radical (unpaired) electrons. The van der Waals surface area contributed by atoms with Crippen LogP contribution < -0.4 is 0 Å². The second-order valence-electron chi connectivity index (χ2n) is 14.2. The Bertz CT molecular complexity index is 2940. The SMILES string of the molecule is c1ccc2c(c1)c1ccccc1n2-c1cc(-c2ccc(-c3cc(-c4ccncc4)nc(-c4ccncc4)c3)cc2)cc(-n2c3ccccc3c3ccccc32)c1. The van der Waals surface area contributed by atoms with Gasteiger partial charge in [-0.1, -0.05) is 97.1 Å². The molecular weight excluding hydrogens is 683 g/mol. The highest BCUT2D eigenvalue weighted by Gasteiger charge is 2.17. The summed E-state index contributed by atoms with van der Waals surface area (Å²) in [7, 11) is 0. The molecule has 56 heavy (non-hydrogen) atoms. The van der Waals surface area contributed by atoms with Crippen LogP contribution in [0.25, 0.3) is 99.8 Å². The van der Waals surface area contributed by atoms with Crippen molar-refractivity contribution in [2.75, 3.05) is 0 Å². The highest BCUT2D eigenvalue weighted by molar-refractivity contribution is 6.10. The molecule has 0 aliphatic heterocycles. The van der Waals surface area contributed by atoms with Gasteiger partial charge in [-0.2, -0.15) is 0 Å². The zero-order chi connectivity index (χ0) is 37.0. The predicted octanol–water partition coefficient (Wildman–Crippen LogP) is 12.7. The Morgan fingerprint density at radius 1 is 0.286 bits per heavy atom. The van der Waals surface area contributed by atoms with Crippen molar-refractivity contribution in [1.82, 2.24) is 24.1 Å². The van der Waals surface area contributed by atoms with Gasteiger partial charge < -0.3 is 9.13 Å². The summed E-state index contributed by atoms with van der Waals surface area (Å²) in [6.07, 6.45) is 7.24. The highest BCUT2D eigenvalue weighted by Crippen LogP contribution is 2.38. The summed E-state index contributed by atoms with van der Waals surface area (Å²) in [6, 6.07) is 63.2. The molecule has 0 saturated heterocycles. The van der Waals surface area contributed by atoms with E-state index in [-0.39, 0.29) is 0 Å². The van der Waals surface area contributed by atoms with E-state index in [1.807, 2.05) is 49.1 Å². The van der Waals surface area contributed by atoms with Gasteiger partial charge in [0.1, 0.15) is 0 Å². The van der Waals surface area contributed by atoms with E-state index in [4.69, 9.17) is 4.98 Å². The van der Waals surface area contributed by atoms with Gasteiger partial charge in [-0.05, 0) is 101 Å². The maximum Gasteiger partial charge on any atom is 0.0716 e. The lowest BCUT2D eigenvalue weighted by atomic mass is 9.97. The lowest BCUT2D eigenvalue weighted by Crippen LogP contribution is -2.00. The van der Waals surface area contributed by atoms with Crippen LogP contribution in [0.4, 0.5) is 0 Å². The Hall–Kier alpha value is -7.63. The Morgan fingerprint density at radius 3 is 1.00 bits per heavy atom. The van der Waals surface area contributed by atoms with Gasteiger partial charge in [-0.25, -0.2) is 4.98 Å². The zero-order valence-electron chi connectivity index (χ0n) is 30.3. The molecule has 6 aromatic carbocycles. The minimum absolute atomic E-state index is 0.899. The van der Waals surface area contributed by atoms with Gasteiger partial charge in [-0.15, -0.1) is 0 Å². The highest BCUT2D eigenvalue weighted by atomic mass is 15.0. The third kappa shape index (κ3) is 5.29. The molecule has 0 atom stereocenters. The first-order chi connectivity index (χ1) is 27.8. The first kappa shape index (κ1) is 31.9. The van der Waals surface area contributed by atoms with Crippen LogP contribution in [0.15, 0.2) is 201 Å². The number of fused-ring (bicyclic) bond motifs is 6. The normalized spacial score (nSPS) is 11.6. The summed E-state index contributed by atoms with van der Waals surface area (Å²) in [6.45, 7) is 0. The van der Waals surface area contributed by atoms with Crippen LogP contribution in [0, 0.1) is 0 Å². The monoisotopic (exact) mass is 715 g/mol. The Balaban J connectivity index is 1.11. The predicted molar refractivity (Wildman–Crippen MR) is 230 cm³/mol. The minimum atomic E-state index is 0.899. The molecule has 0 unspecified atom stereocenters. The molecule has 0 aliphatic rings. The van der Waals surface area contributed by atoms with Gasteiger partial charge in [0.2, 0.25) is 0 Å². The van der Waals surface area contributed by atoms with E-state index in [2.05, 4.69) is 171 Å². The second kappa shape index (κ2) is 13.0. The van der Waals surface area contributed by atoms with Gasteiger partial charge in [0.05, 0.1) is 33.5 Å². The quantitative estimate of drug-likeness (QED) is 0.172. The van der Waals surface area contributed by atoms with Crippen LogP contribution in [-0.2, 0) is 0 Å². The van der Waals surface area contributed by atoms with Gasteiger partial charge in [0.25, 0.3) is 0 Å². The number of hydrogen-bond acceptors (Lipinski definition) is 3. The van der Waals surface area contributed by atoms with Gasteiger partial charge in [-0.3, -0.25) is 9.97 Å². The first-order valence-electron chi connectivity index (χ1n) is 18.8. The summed E-state index contributed by atoms with van der Waals surface area (Å²) < 4.78 is 4.83. The number of aromatic nitrogens is 5. The maximum absolute atomic E-state index is 5.06. The Kier molecular flexibility index (Phi) is 7.42. The molecule has 11 rings (SSSR count). The average molecular weight is 716 g/mol. The molecule has 5 nitrogen and oxygen atoms in total. The summed E-state index contributed by atoms with van der Waals surface area (Å²) in [5.74, 6) is 0. The largest absolute Gasteiger partial charge is 0.309 e. The van der Waals surface area contributed by atoms with Crippen molar-refractivity contribution < 1.29 is 0 Å². The van der Waals surface area contributed by atoms with Crippen LogP contribution in [0.1, 0.15) is 0 Å². The molecule has 0 saturated carbocycles. The van der Waals surface area contributed by atoms with E-state index in [1.165, 1.54) is 43.6 Å². The number of benzene rings is 6. The standard InChI is InChI=1S/C51H33N5/c1-5-13-48-42(9-1)43-10-2-6-14-49(43)55(48)40-29-38(30-41(33-40)56-50-15-7-3-11-44(50)45-12-4-8-16-51(45)56)34-17-19-35(20-18-34)39-31-46(36-21-25-52-26-22-36)54-47(32-39)37-23-27-53-28-24-37/h1-33H. The zero-order valence-corrected chi connectivity index (χ0v) is 30.3. The van der Waals surface area contributed by atoms with Gasteiger partial charge >= 0.3 is 0 Å². The van der Waals surface area contributed by atoms with E-state index in [0.29, 0.717) is 0 Å². The summed E-state index contributed by atoms with van der Waals surface area (Å²) in [5, 5.41) is 4.97. The first-order valence-corrected chi connectivity index (χ1v) is 18.8.